The van der Waals surface area contributed by atoms with Gasteiger partial charge in [0.25, 0.3) is 0 Å². The van der Waals surface area contributed by atoms with Crippen LogP contribution in [0.1, 0.15) is 38.2 Å². The summed E-state index contributed by atoms with van der Waals surface area (Å²) in [5, 5.41) is 9.54. The summed E-state index contributed by atoms with van der Waals surface area (Å²) in [4.78, 5) is 47.0. The molecule has 3 fully saturated rings. The maximum Gasteiger partial charge on any atom is 0.248 e. The van der Waals surface area contributed by atoms with Gasteiger partial charge in [-0.3, -0.25) is 14.4 Å². The predicted molar refractivity (Wildman–Crippen MR) is 140 cm³/mol. The number of aliphatic hydroxyl groups excluding tert-OH is 1. The SMILES string of the molecule is C=CCN(Cc1ccccc1)C(=O)C1N(CCCO)C(=O)[C@@H]2[C@H](C(=O)N(CC=C)CCC)[C@@H]3CCC12O3. The molecule has 200 valence electrons. The Morgan fingerprint density at radius 1 is 1.16 bits per heavy atom. The molecule has 0 aromatic heterocycles. The summed E-state index contributed by atoms with van der Waals surface area (Å²) in [6.07, 6.45) is 5.31. The molecular formula is C29H39N3O5. The highest BCUT2D eigenvalue weighted by Gasteiger charge is 2.74. The zero-order valence-electron chi connectivity index (χ0n) is 21.8. The van der Waals surface area contributed by atoms with E-state index in [9.17, 15) is 19.5 Å². The number of fused-ring (bicyclic) bond motifs is 1. The minimum Gasteiger partial charge on any atom is -0.396 e. The average molecular weight is 510 g/mol. The Kier molecular flexibility index (Phi) is 8.49. The van der Waals surface area contributed by atoms with Gasteiger partial charge in [0.1, 0.15) is 11.6 Å². The number of hydrogen-bond donors (Lipinski definition) is 1. The molecule has 3 aliphatic rings. The van der Waals surface area contributed by atoms with Crippen molar-refractivity contribution in [1.29, 1.82) is 0 Å². The van der Waals surface area contributed by atoms with Crippen molar-refractivity contribution >= 4 is 17.7 Å². The average Bonchev–Trinajstić information content (AvgIpc) is 3.54. The Hall–Kier alpha value is -2.97. The lowest BCUT2D eigenvalue weighted by Crippen LogP contribution is -2.56. The van der Waals surface area contributed by atoms with E-state index >= 15 is 0 Å². The molecule has 0 aliphatic carbocycles. The predicted octanol–water partition coefficient (Wildman–Crippen LogP) is 2.38. The first-order chi connectivity index (χ1) is 17.9. The Morgan fingerprint density at radius 3 is 2.51 bits per heavy atom. The molecule has 1 spiro atoms. The number of likely N-dealkylation sites (tertiary alicyclic amines) is 1. The van der Waals surface area contributed by atoms with Gasteiger partial charge in [-0.2, -0.15) is 0 Å². The first-order valence-corrected chi connectivity index (χ1v) is 13.4. The van der Waals surface area contributed by atoms with E-state index in [0.717, 1.165) is 12.0 Å². The molecule has 2 bridgehead atoms. The Morgan fingerprint density at radius 2 is 1.86 bits per heavy atom. The van der Waals surface area contributed by atoms with Gasteiger partial charge in [0.05, 0.1) is 17.9 Å². The van der Waals surface area contributed by atoms with Gasteiger partial charge in [-0.05, 0) is 31.2 Å². The summed E-state index contributed by atoms with van der Waals surface area (Å²) in [5.41, 5.74) is -0.0705. The number of rotatable bonds is 13. The van der Waals surface area contributed by atoms with Crippen LogP contribution in [0.25, 0.3) is 0 Å². The maximum atomic E-state index is 14.2. The lowest BCUT2D eigenvalue weighted by Gasteiger charge is -2.37. The number of hydrogen-bond acceptors (Lipinski definition) is 5. The third-order valence-corrected chi connectivity index (χ3v) is 7.91. The van der Waals surface area contributed by atoms with Gasteiger partial charge in [0, 0.05) is 39.3 Å². The van der Waals surface area contributed by atoms with E-state index in [-0.39, 0.29) is 37.0 Å². The normalized spacial score (nSPS) is 27.7. The van der Waals surface area contributed by atoms with Crippen LogP contribution in [0.15, 0.2) is 55.6 Å². The largest absolute Gasteiger partial charge is 0.396 e. The fraction of sp³-hybridized carbons (Fsp3) is 0.552. The van der Waals surface area contributed by atoms with Gasteiger partial charge in [0.2, 0.25) is 17.7 Å². The van der Waals surface area contributed by atoms with Crippen molar-refractivity contribution < 1.29 is 24.2 Å². The molecule has 1 N–H and O–H groups in total. The zero-order valence-corrected chi connectivity index (χ0v) is 21.8. The van der Waals surface area contributed by atoms with Crippen LogP contribution in [-0.4, -0.2) is 88.1 Å². The summed E-state index contributed by atoms with van der Waals surface area (Å²) in [5.74, 6) is -1.86. The van der Waals surface area contributed by atoms with Gasteiger partial charge in [-0.25, -0.2) is 0 Å². The van der Waals surface area contributed by atoms with E-state index in [1.54, 1.807) is 26.9 Å². The highest BCUT2D eigenvalue weighted by atomic mass is 16.5. The number of carbonyl (C=O) groups excluding carboxylic acids is 3. The molecule has 0 saturated carbocycles. The molecular weight excluding hydrogens is 470 g/mol. The summed E-state index contributed by atoms with van der Waals surface area (Å²) in [7, 11) is 0. The van der Waals surface area contributed by atoms with Crippen LogP contribution < -0.4 is 0 Å². The molecule has 3 heterocycles. The number of amides is 3. The van der Waals surface area contributed by atoms with E-state index in [0.29, 0.717) is 45.4 Å². The van der Waals surface area contributed by atoms with Crippen molar-refractivity contribution in [3.8, 4) is 0 Å². The molecule has 1 aromatic carbocycles. The van der Waals surface area contributed by atoms with Crippen LogP contribution in [0.3, 0.4) is 0 Å². The number of carbonyl (C=O) groups is 3. The smallest absolute Gasteiger partial charge is 0.248 e. The van der Waals surface area contributed by atoms with E-state index in [4.69, 9.17) is 4.74 Å². The summed E-state index contributed by atoms with van der Waals surface area (Å²) in [6.45, 7) is 11.4. The summed E-state index contributed by atoms with van der Waals surface area (Å²) < 4.78 is 6.55. The fourth-order valence-electron chi connectivity index (χ4n) is 6.49. The summed E-state index contributed by atoms with van der Waals surface area (Å²) in [6, 6.07) is 8.86. The molecule has 8 nitrogen and oxygen atoms in total. The van der Waals surface area contributed by atoms with Crippen molar-refractivity contribution in [1.82, 2.24) is 14.7 Å². The second kappa shape index (κ2) is 11.6. The van der Waals surface area contributed by atoms with Crippen LogP contribution in [0.2, 0.25) is 0 Å². The van der Waals surface area contributed by atoms with E-state index < -0.39 is 23.5 Å². The van der Waals surface area contributed by atoms with Crippen LogP contribution >= 0.6 is 0 Å². The standard InChI is InChI=1S/C29H39N3O5/c1-4-15-30(16-5-2)26(34)23-22-13-14-29(37-22)24(23)27(35)32(18-10-19-33)25(29)28(36)31(17-6-3)20-21-11-8-7-9-12-21/h4,6-9,11-12,22-25,33H,1,3,5,10,13-20H2,2H3/t22-,23+,24-,25?,29?/m0/s1. The monoisotopic (exact) mass is 509 g/mol. The lowest BCUT2D eigenvalue weighted by molar-refractivity contribution is -0.149. The number of aliphatic hydroxyl groups is 1. The minimum atomic E-state index is -1.04. The molecule has 1 aromatic rings. The quantitative estimate of drug-likeness (QED) is 0.413. The molecule has 3 saturated heterocycles. The highest BCUT2D eigenvalue weighted by Crippen LogP contribution is 2.59. The van der Waals surface area contributed by atoms with Gasteiger partial charge in [-0.1, -0.05) is 49.4 Å². The third-order valence-electron chi connectivity index (χ3n) is 7.91. The van der Waals surface area contributed by atoms with Gasteiger partial charge >= 0.3 is 0 Å². The Bertz CT molecular complexity index is 1010. The van der Waals surface area contributed by atoms with Crippen molar-refractivity contribution in [3.05, 3.63) is 61.2 Å². The van der Waals surface area contributed by atoms with Crippen molar-refractivity contribution in [2.24, 2.45) is 11.8 Å². The van der Waals surface area contributed by atoms with E-state index in [1.165, 1.54) is 0 Å². The molecule has 3 amide bonds. The second-order valence-corrected chi connectivity index (χ2v) is 10.2. The first-order valence-electron chi connectivity index (χ1n) is 13.4. The van der Waals surface area contributed by atoms with Gasteiger partial charge < -0.3 is 24.5 Å². The molecule has 3 aliphatic heterocycles. The van der Waals surface area contributed by atoms with Crippen molar-refractivity contribution in [3.63, 3.8) is 0 Å². The number of benzene rings is 1. The van der Waals surface area contributed by atoms with Crippen LogP contribution in [0.4, 0.5) is 0 Å². The zero-order chi connectivity index (χ0) is 26.6. The molecule has 5 atom stereocenters. The lowest BCUT2D eigenvalue weighted by atomic mass is 9.70. The van der Waals surface area contributed by atoms with Crippen molar-refractivity contribution in [2.75, 3.05) is 32.8 Å². The topological polar surface area (TPSA) is 90.4 Å². The van der Waals surface area contributed by atoms with Gasteiger partial charge in [-0.15, -0.1) is 13.2 Å². The molecule has 0 radical (unpaired) electrons. The maximum absolute atomic E-state index is 14.2. The minimum absolute atomic E-state index is 0.0990. The molecule has 4 rings (SSSR count). The first kappa shape index (κ1) is 27.1. The Balaban J connectivity index is 1.70. The molecule has 8 heteroatoms. The van der Waals surface area contributed by atoms with Gasteiger partial charge in [0.15, 0.2) is 0 Å². The number of nitrogens with zero attached hydrogens (tertiary/aromatic N) is 3. The highest BCUT2D eigenvalue weighted by molar-refractivity contribution is 5.99. The summed E-state index contributed by atoms with van der Waals surface area (Å²) >= 11 is 0. The molecule has 37 heavy (non-hydrogen) atoms. The molecule has 2 unspecified atom stereocenters. The van der Waals surface area contributed by atoms with E-state index in [2.05, 4.69) is 13.2 Å². The van der Waals surface area contributed by atoms with Crippen molar-refractivity contribution in [2.45, 2.75) is 56.9 Å². The Labute approximate surface area is 219 Å². The second-order valence-electron chi connectivity index (χ2n) is 10.2. The van der Waals surface area contributed by atoms with Crippen LogP contribution in [-0.2, 0) is 25.7 Å². The number of ether oxygens (including phenoxy) is 1. The van der Waals surface area contributed by atoms with Crippen LogP contribution in [0, 0.1) is 11.8 Å². The van der Waals surface area contributed by atoms with Crippen LogP contribution in [0.5, 0.6) is 0 Å². The fourth-order valence-corrected chi connectivity index (χ4v) is 6.49. The van der Waals surface area contributed by atoms with E-state index in [1.807, 2.05) is 37.3 Å². The third kappa shape index (κ3) is 4.84.